The van der Waals surface area contributed by atoms with Gasteiger partial charge in [0.2, 0.25) is 0 Å². The summed E-state index contributed by atoms with van der Waals surface area (Å²) in [5.74, 6) is 0.356. The summed E-state index contributed by atoms with van der Waals surface area (Å²) in [6.07, 6.45) is 4.27. The molecule has 2 aromatic carbocycles. The number of hydrogen-bond acceptors (Lipinski definition) is 5. The van der Waals surface area contributed by atoms with Gasteiger partial charge in [-0.25, -0.2) is 0 Å². The molecule has 166 valence electrons. The van der Waals surface area contributed by atoms with Crippen molar-refractivity contribution in [3.8, 4) is 11.5 Å². The zero-order chi connectivity index (χ0) is 23.1. The standard InChI is InChI=1S/C27H28O4S/c1-5-32-18(2)24-16-21(20-9-13-23(31-4)14-10-20)17-26(29)27(24)25(28)15-8-19-6-11-22(30-3)12-7-19/h5-15,21,24,27H,1-2,16-17H2,3-4H3/b15-8+/t21-,24+,27?/m1/s1. The van der Waals surface area contributed by atoms with Crippen LogP contribution in [0.15, 0.2) is 78.1 Å². The van der Waals surface area contributed by atoms with Crippen LogP contribution in [-0.2, 0) is 9.59 Å². The number of thioether (sulfide) groups is 1. The Hall–Kier alpha value is -3.05. The van der Waals surface area contributed by atoms with Crippen LogP contribution in [0.4, 0.5) is 0 Å². The number of Topliss-reactive ketones (excluding diaryl/α,β-unsaturated/α-hetero) is 1. The maximum atomic E-state index is 13.2. The average molecular weight is 449 g/mol. The van der Waals surface area contributed by atoms with E-state index in [1.807, 2.05) is 48.5 Å². The Morgan fingerprint density at radius 1 is 1.03 bits per heavy atom. The first-order chi connectivity index (χ1) is 15.5. The van der Waals surface area contributed by atoms with Crippen molar-refractivity contribution in [3.05, 3.63) is 89.2 Å². The van der Waals surface area contributed by atoms with E-state index < -0.39 is 5.92 Å². The van der Waals surface area contributed by atoms with E-state index in [-0.39, 0.29) is 23.4 Å². The molecule has 1 unspecified atom stereocenters. The largest absolute Gasteiger partial charge is 0.497 e. The summed E-state index contributed by atoms with van der Waals surface area (Å²) in [7, 11) is 3.23. The molecule has 0 bridgehead atoms. The number of ketones is 2. The molecule has 5 heteroatoms. The lowest BCUT2D eigenvalue weighted by Gasteiger charge is -2.35. The summed E-state index contributed by atoms with van der Waals surface area (Å²) in [6.45, 7) is 7.92. The van der Waals surface area contributed by atoms with Crippen molar-refractivity contribution >= 4 is 29.4 Å². The molecular formula is C27H28O4S. The molecule has 1 aliphatic carbocycles. The number of rotatable bonds is 9. The number of hydrogen-bond donors (Lipinski definition) is 0. The van der Waals surface area contributed by atoms with E-state index in [2.05, 4.69) is 13.2 Å². The molecule has 32 heavy (non-hydrogen) atoms. The van der Waals surface area contributed by atoms with Gasteiger partial charge in [-0.15, -0.1) is 11.8 Å². The molecule has 0 heterocycles. The van der Waals surface area contributed by atoms with Crippen LogP contribution in [-0.4, -0.2) is 25.8 Å². The maximum Gasteiger partial charge on any atom is 0.166 e. The maximum absolute atomic E-state index is 13.2. The van der Waals surface area contributed by atoms with Gasteiger partial charge < -0.3 is 9.47 Å². The van der Waals surface area contributed by atoms with Crippen LogP contribution in [0.1, 0.15) is 29.9 Å². The third-order valence-electron chi connectivity index (χ3n) is 5.83. The number of carbonyl (C=O) groups is 2. The van der Waals surface area contributed by atoms with Gasteiger partial charge in [-0.05, 0) is 64.1 Å². The first-order valence-electron chi connectivity index (χ1n) is 10.5. The van der Waals surface area contributed by atoms with Gasteiger partial charge in [-0.2, -0.15) is 0 Å². The molecule has 0 spiro atoms. The highest BCUT2D eigenvalue weighted by atomic mass is 32.2. The Labute approximate surface area is 194 Å². The predicted octanol–water partition coefficient (Wildman–Crippen LogP) is 6.06. The van der Waals surface area contributed by atoms with Crippen LogP contribution in [0.25, 0.3) is 6.08 Å². The summed E-state index contributed by atoms with van der Waals surface area (Å²) in [5.41, 5.74) is 1.94. The van der Waals surface area contributed by atoms with Gasteiger partial charge in [0.05, 0.1) is 20.1 Å². The van der Waals surface area contributed by atoms with Crippen molar-refractivity contribution in [1.82, 2.24) is 0 Å². The van der Waals surface area contributed by atoms with Gasteiger partial charge in [0.25, 0.3) is 0 Å². The number of ether oxygens (including phenoxy) is 2. The molecule has 1 saturated carbocycles. The van der Waals surface area contributed by atoms with Crippen molar-refractivity contribution in [2.75, 3.05) is 14.2 Å². The van der Waals surface area contributed by atoms with E-state index in [0.717, 1.165) is 27.5 Å². The molecule has 2 aromatic rings. The molecule has 1 aliphatic rings. The lowest BCUT2D eigenvalue weighted by molar-refractivity contribution is -0.134. The normalized spacial score (nSPS) is 20.7. The van der Waals surface area contributed by atoms with Crippen molar-refractivity contribution in [3.63, 3.8) is 0 Å². The van der Waals surface area contributed by atoms with Gasteiger partial charge in [-0.3, -0.25) is 9.59 Å². The van der Waals surface area contributed by atoms with Gasteiger partial charge >= 0.3 is 0 Å². The number of carbonyl (C=O) groups excluding carboxylic acids is 2. The molecule has 3 rings (SSSR count). The third kappa shape index (κ3) is 5.60. The molecule has 0 amide bonds. The van der Waals surface area contributed by atoms with Crippen molar-refractivity contribution in [1.29, 1.82) is 0 Å². The molecule has 0 saturated heterocycles. The Kier molecular flexibility index (Phi) is 8.12. The van der Waals surface area contributed by atoms with E-state index in [0.29, 0.717) is 12.8 Å². The molecular weight excluding hydrogens is 420 g/mol. The van der Waals surface area contributed by atoms with E-state index in [1.165, 1.54) is 17.8 Å². The fourth-order valence-corrected chi connectivity index (χ4v) is 4.74. The lowest BCUT2D eigenvalue weighted by atomic mass is 9.69. The summed E-state index contributed by atoms with van der Waals surface area (Å²) >= 11 is 1.39. The van der Waals surface area contributed by atoms with E-state index >= 15 is 0 Å². The monoisotopic (exact) mass is 448 g/mol. The van der Waals surface area contributed by atoms with Crippen molar-refractivity contribution in [2.45, 2.75) is 18.8 Å². The topological polar surface area (TPSA) is 52.6 Å². The van der Waals surface area contributed by atoms with E-state index in [1.54, 1.807) is 25.7 Å². The van der Waals surface area contributed by atoms with Gasteiger partial charge in [-0.1, -0.05) is 43.5 Å². The second kappa shape index (κ2) is 11.0. The van der Waals surface area contributed by atoms with Crippen LogP contribution in [0.3, 0.4) is 0 Å². The number of methoxy groups -OCH3 is 2. The van der Waals surface area contributed by atoms with Crippen LogP contribution in [0.5, 0.6) is 11.5 Å². The number of allylic oxidation sites excluding steroid dienone is 2. The predicted molar refractivity (Wildman–Crippen MR) is 131 cm³/mol. The van der Waals surface area contributed by atoms with Crippen LogP contribution < -0.4 is 9.47 Å². The van der Waals surface area contributed by atoms with Crippen LogP contribution in [0.2, 0.25) is 0 Å². The summed E-state index contributed by atoms with van der Waals surface area (Å²) in [4.78, 5) is 27.1. The highest BCUT2D eigenvalue weighted by Crippen LogP contribution is 2.44. The fraction of sp³-hybridized carbons (Fsp3) is 0.259. The van der Waals surface area contributed by atoms with Crippen LogP contribution in [0, 0.1) is 11.8 Å². The summed E-state index contributed by atoms with van der Waals surface area (Å²) < 4.78 is 10.4. The molecule has 3 atom stereocenters. The van der Waals surface area contributed by atoms with Gasteiger partial charge in [0, 0.05) is 12.3 Å². The van der Waals surface area contributed by atoms with Crippen molar-refractivity contribution < 1.29 is 19.1 Å². The lowest BCUT2D eigenvalue weighted by Crippen LogP contribution is -2.37. The first kappa shape index (κ1) is 23.6. The SMILES string of the molecule is C=CSC(=C)[C@@H]1C[C@@H](c2ccc(OC)cc2)CC(=O)C1C(=O)/C=C/c1ccc(OC)cc1. The van der Waals surface area contributed by atoms with E-state index in [4.69, 9.17) is 9.47 Å². The second-order valence-corrected chi connectivity index (χ2v) is 8.81. The molecule has 0 aromatic heterocycles. The molecule has 1 fully saturated rings. The highest BCUT2D eigenvalue weighted by molar-refractivity contribution is 8.05. The molecule has 0 radical (unpaired) electrons. The van der Waals surface area contributed by atoms with E-state index in [9.17, 15) is 9.59 Å². The summed E-state index contributed by atoms with van der Waals surface area (Å²) in [6, 6.07) is 15.2. The Morgan fingerprint density at radius 2 is 1.62 bits per heavy atom. The minimum absolute atomic E-state index is 0.0372. The Balaban J connectivity index is 1.81. The quantitative estimate of drug-likeness (QED) is 0.345. The fourth-order valence-electron chi connectivity index (χ4n) is 4.12. The smallest absolute Gasteiger partial charge is 0.166 e. The zero-order valence-corrected chi connectivity index (χ0v) is 19.3. The minimum atomic E-state index is -0.723. The average Bonchev–Trinajstić information content (AvgIpc) is 2.82. The summed E-state index contributed by atoms with van der Waals surface area (Å²) in [5, 5.41) is 1.69. The Bertz CT molecular complexity index is 1000. The minimum Gasteiger partial charge on any atom is -0.497 e. The van der Waals surface area contributed by atoms with Gasteiger partial charge in [0.1, 0.15) is 17.3 Å². The number of benzene rings is 2. The molecule has 4 nitrogen and oxygen atoms in total. The molecule has 0 aliphatic heterocycles. The third-order valence-corrected chi connectivity index (χ3v) is 6.61. The van der Waals surface area contributed by atoms with Crippen LogP contribution >= 0.6 is 11.8 Å². The second-order valence-electron chi connectivity index (χ2n) is 7.72. The highest BCUT2D eigenvalue weighted by Gasteiger charge is 2.41. The van der Waals surface area contributed by atoms with Crippen molar-refractivity contribution in [2.24, 2.45) is 11.8 Å². The Morgan fingerprint density at radius 3 is 2.19 bits per heavy atom. The first-order valence-corrected chi connectivity index (χ1v) is 11.3. The van der Waals surface area contributed by atoms with Gasteiger partial charge in [0.15, 0.2) is 5.78 Å². The molecule has 0 N–H and O–H groups in total. The zero-order valence-electron chi connectivity index (χ0n) is 18.5.